The lowest BCUT2D eigenvalue weighted by Crippen LogP contribution is -2.50. The first-order chi connectivity index (χ1) is 12.6. The van der Waals surface area contributed by atoms with Gasteiger partial charge in [-0.3, -0.25) is 14.9 Å². The summed E-state index contributed by atoms with van der Waals surface area (Å²) in [6.45, 7) is 1.13. The molecule has 0 heterocycles. The fraction of sp³-hybridized carbons (Fsp3) is 0.176. The Morgan fingerprint density at radius 2 is 1.89 bits per heavy atom. The molecule has 10 heteroatoms. The van der Waals surface area contributed by atoms with E-state index in [9.17, 15) is 28.5 Å². The number of halogens is 3. The summed E-state index contributed by atoms with van der Waals surface area (Å²) in [4.78, 5) is 34.9. The second-order valence-electron chi connectivity index (χ2n) is 5.62. The molecule has 0 radical (unpaired) electrons. The number of esters is 1. The number of benzene rings is 2. The average Bonchev–Trinajstić information content (AvgIpc) is 2.62. The Bertz CT molecular complexity index is 938. The van der Waals surface area contributed by atoms with E-state index in [-0.39, 0.29) is 16.3 Å². The number of carbonyl (C=O) groups is 2. The molecule has 0 saturated heterocycles. The van der Waals surface area contributed by atoms with Crippen LogP contribution in [0.3, 0.4) is 0 Å². The predicted octanol–water partition coefficient (Wildman–Crippen LogP) is 3.34. The number of amides is 1. The van der Waals surface area contributed by atoms with Crippen molar-refractivity contribution in [2.45, 2.75) is 12.5 Å². The van der Waals surface area contributed by atoms with E-state index in [2.05, 4.69) is 10.1 Å². The summed E-state index contributed by atoms with van der Waals surface area (Å²) in [5, 5.41) is 12.8. The number of ether oxygens (including phenoxy) is 1. The van der Waals surface area contributed by atoms with Crippen LogP contribution >= 0.6 is 11.6 Å². The largest absolute Gasteiger partial charge is 0.467 e. The summed E-state index contributed by atoms with van der Waals surface area (Å²) in [5.74, 6) is -3.77. The average molecular weight is 399 g/mol. The molecule has 0 saturated carbocycles. The number of hydrogen-bond donors (Lipinski definition) is 1. The molecule has 2 aromatic rings. The second kappa shape index (κ2) is 7.67. The van der Waals surface area contributed by atoms with Crippen molar-refractivity contribution in [2.24, 2.45) is 0 Å². The summed E-state index contributed by atoms with van der Waals surface area (Å²) in [6.07, 6.45) is 0. The van der Waals surface area contributed by atoms with Gasteiger partial charge in [-0.05, 0) is 31.2 Å². The number of carbonyl (C=O) groups excluding carboxylic acids is 2. The van der Waals surface area contributed by atoms with Gasteiger partial charge < -0.3 is 10.1 Å². The number of nitro benzene ring substituents is 1. The molecule has 27 heavy (non-hydrogen) atoms. The van der Waals surface area contributed by atoms with Crippen LogP contribution in [0, 0.1) is 21.7 Å². The molecule has 0 aliphatic heterocycles. The minimum atomic E-state index is -2.08. The highest BCUT2D eigenvalue weighted by Gasteiger charge is 2.41. The minimum absolute atomic E-state index is 0.200. The molecule has 0 bridgehead atoms. The van der Waals surface area contributed by atoms with E-state index in [1.165, 1.54) is 0 Å². The molecule has 2 rings (SSSR count). The summed E-state index contributed by atoms with van der Waals surface area (Å²) < 4.78 is 32.4. The number of nitrogens with one attached hydrogen (secondary N) is 1. The Morgan fingerprint density at radius 3 is 2.44 bits per heavy atom. The van der Waals surface area contributed by atoms with Crippen LogP contribution in [-0.4, -0.2) is 23.9 Å². The lowest BCUT2D eigenvalue weighted by Gasteiger charge is -2.29. The van der Waals surface area contributed by atoms with Crippen molar-refractivity contribution in [3.63, 3.8) is 0 Å². The third kappa shape index (κ3) is 4.03. The maximum Gasteiger partial charge on any atom is 0.336 e. The monoisotopic (exact) mass is 398 g/mol. The summed E-state index contributed by atoms with van der Waals surface area (Å²) in [6, 6.07) is 5.48. The maximum atomic E-state index is 14.2. The van der Waals surface area contributed by atoms with Gasteiger partial charge in [0.2, 0.25) is 0 Å². The van der Waals surface area contributed by atoms with E-state index in [0.717, 1.165) is 50.4 Å². The molecule has 1 atom stereocenters. The minimum Gasteiger partial charge on any atom is -0.467 e. The van der Waals surface area contributed by atoms with Crippen LogP contribution in [0.1, 0.15) is 22.8 Å². The van der Waals surface area contributed by atoms with Gasteiger partial charge in [0.25, 0.3) is 11.6 Å². The van der Waals surface area contributed by atoms with Gasteiger partial charge in [0.05, 0.1) is 22.6 Å². The molecule has 2 aromatic carbocycles. The second-order valence-corrected chi connectivity index (χ2v) is 6.02. The number of hydrogen-bond acceptors (Lipinski definition) is 5. The van der Waals surface area contributed by atoms with E-state index in [1.807, 2.05) is 0 Å². The van der Waals surface area contributed by atoms with Crippen molar-refractivity contribution in [2.75, 3.05) is 7.11 Å². The van der Waals surface area contributed by atoms with Gasteiger partial charge >= 0.3 is 5.97 Å². The number of non-ortho nitro benzene ring substituents is 1. The molecule has 0 fully saturated rings. The molecule has 0 aromatic heterocycles. The topological polar surface area (TPSA) is 98.5 Å². The standard InChI is InChI=1S/C17H13ClF2N2O5/c1-17(16(24)27-2,12-7-9(19)3-6-14(12)20)21-15(23)11-5-4-10(22(25)26)8-13(11)18/h3-8H,1-2H3,(H,21,23)/t17-/m1/s1. The third-order valence-electron chi connectivity index (χ3n) is 3.83. The number of nitro groups is 1. The Balaban J connectivity index is 2.48. The zero-order valence-corrected chi connectivity index (χ0v) is 14.8. The summed E-state index contributed by atoms with van der Waals surface area (Å²) in [5.41, 5.74) is -3.08. The third-order valence-corrected chi connectivity index (χ3v) is 4.15. The normalized spacial score (nSPS) is 12.8. The van der Waals surface area contributed by atoms with Gasteiger partial charge in [-0.2, -0.15) is 0 Å². The Hall–Kier alpha value is -3.07. The van der Waals surface area contributed by atoms with Crippen LogP contribution < -0.4 is 5.32 Å². The van der Waals surface area contributed by atoms with Gasteiger partial charge in [0, 0.05) is 17.7 Å². The molecule has 0 aliphatic carbocycles. The van der Waals surface area contributed by atoms with E-state index >= 15 is 0 Å². The zero-order valence-electron chi connectivity index (χ0n) is 14.1. The molecule has 0 aliphatic rings. The van der Waals surface area contributed by atoms with Crippen LogP contribution in [0.4, 0.5) is 14.5 Å². The van der Waals surface area contributed by atoms with Crippen molar-refractivity contribution in [1.82, 2.24) is 5.32 Å². The maximum absolute atomic E-state index is 14.2. The first kappa shape index (κ1) is 20.2. The zero-order chi connectivity index (χ0) is 20.4. The first-order valence-corrected chi connectivity index (χ1v) is 7.78. The van der Waals surface area contributed by atoms with E-state index in [4.69, 9.17) is 11.6 Å². The van der Waals surface area contributed by atoms with Crippen molar-refractivity contribution >= 4 is 29.2 Å². The molecular weight excluding hydrogens is 386 g/mol. The van der Waals surface area contributed by atoms with Gasteiger partial charge in [-0.1, -0.05) is 11.6 Å². The summed E-state index contributed by atoms with van der Waals surface area (Å²) >= 11 is 5.90. The van der Waals surface area contributed by atoms with Crippen LogP contribution in [-0.2, 0) is 15.1 Å². The van der Waals surface area contributed by atoms with E-state index in [1.54, 1.807) is 0 Å². The SMILES string of the molecule is COC(=O)[C@](C)(NC(=O)c1ccc([N+](=O)[O-])cc1Cl)c1cc(F)ccc1F. The molecule has 1 N–H and O–H groups in total. The molecule has 0 unspecified atom stereocenters. The lowest BCUT2D eigenvalue weighted by atomic mass is 9.90. The quantitative estimate of drug-likeness (QED) is 0.473. The highest BCUT2D eigenvalue weighted by Crippen LogP contribution is 2.28. The fourth-order valence-electron chi connectivity index (χ4n) is 2.41. The van der Waals surface area contributed by atoms with Crippen LogP contribution in [0.15, 0.2) is 36.4 Å². The van der Waals surface area contributed by atoms with Gasteiger partial charge in [-0.15, -0.1) is 0 Å². The van der Waals surface area contributed by atoms with Crippen molar-refractivity contribution < 1.29 is 28.0 Å². The number of nitrogens with zero attached hydrogens (tertiary/aromatic N) is 1. The van der Waals surface area contributed by atoms with E-state index in [0.29, 0.717) is 0 Å². The van der Waals surface area contributed by atoms with E-state index < -0.39 is 39.5 Å². The van der Waals surface area contributed by atoms with Crippen LogP contribution in [0.2, 0.25) is 5.02 Å². The van der Waals surface area contributed by atoms with Crippen LogP contribution in [0.25, 0.3) is 0 Å². The fourth-order valence-corrected chi connectivity index (χ4v) is 2.67. The highest BCUT2D eigenvalue weighted by molar-refractivity contribution is 6.34. The van der Waals surface area contributed by atoms with Crippen molar-refractivity contribution in [3.8, 4) is 0 Å². The Morgan fingerprint density at radius 1 is 1.22 bits per heavy atom. The predicted molar refractivity (Wildman–Crippen MR) is 91.3 cm³/mol. The lowest BCUT2D eigenvalue weighted by molar-refractivity contribution is -0.384. The van der Waals surface area contributed by atoms with Crippen molar-refractivity contribution in [1.29, 1.82) is 0 Å². The number of methoxy groups -OCH3 is 1. The smallest absolute Gasteiger partial charge is 0.336 e. The molecular formula is C17H13ClF2N2O5. The Labute approximate surface area is 157 Å². The molecule has 142 valence electrons. The molecule has 7 nitrogen and oxygen atoms in total. The highest BCUT2D eigenvalue weighted by atomic mass is 35.5. The van der Waals surface area contributed by atoms with Crippen LogP contribution in [0.5, 0.6) is 0 Å². The Kier molecular flexibility index (Phi) is 5.75. The molecule has 0 spiro atoms. The first-order valence-electron chi connectivity index (χ1n) is 7.40. The van der Waals surface area contributed by atoms with Gasteiger partial charge in [-0.25, -0.2) is 13.6 Å². The van der Waals surface area contributed by atoms with Gasteiger partial charge in [0.1, 0.15) is 11.6 Å². The number of rotatable bonds is 5. The van der Waals surface area contributed by atoms with Crippen molar-refractivity contribution in [3.05, 3.63) is 74.3 Å². The summed E-state index contributed by atoms with van der Waals surface area (Å²) in [7, 11) is 1.02. The van der Waals surface area contributed by atoms with Gasteiger partial charge in [0.15, 0.2) is 5.54 Å². The molecule has 1 amide bonds.